The molecular formula is C23H22N4O3S. The molecule has 0 bridgehead atoms. The van der Waals surface area contributed by atoms with Gasteiger partial charge in [-0.25, -0.2) is 4.98 Å². The van der Waals surface area contributed by atoms with Crippen LogP contribution in [0.1, 0.15) is 19.8 Å². The highest BCUT2D eigenvalue weighted by atomic mass is 32.1. The standard InChI is InChI=1S/C23H22N4O3S/c1-15-23(29)27(13-21(28)26-10-4-5-11-26)19-12-16(7-8-20(19)30-15)18-14-31-22(25-18)17-6-2-3-9-24-17/h2-3,6-9,12,14-15H,4-5,10-11,13H2,1H3. The second-order valence-electron chi connectivity index (χ2n) is 7.71. The third kappa shape index (κ3) is 3.79. The first-order chi connectivity index (χ1) is 15.1. The number of anilines is 1. The smallest absolute Gasteiger partial charge is 0.268 e. The average Bonchev–Trinajstić information content (AvgIpc) is 3.50. The Labute approximate surface area is 184 Å². The lowest BCUT2D eigenvalue weighted by Gasteiger charge is -2.33. The lowest BCUT2D eigenvalue weighted by atomic mass is 10.1. The number of rotatable bonds is 4. The van der Waals surface area contributed by atoms with E-state index in [0.717, 1.165) is 47.9 Å². The summed E-state index contributed by atoms with van der Waals surface area (Å²) in [5, 5.41) is 2.80. The van der Waals surface area contributed by atoms with Crippen LogP contribution in [0.15, 0.2) is 48.0 Å². The number of amides is 2. The molecule has 2 amide bonds. The van der Waals surface area contributed by atoms with Gasteiger partial charge in [0.05, 0.1) is 17.1 Å². The van der Waals surface area contributed by atoms with E-state index in [9.17, 15) is 9.59 Å². The second kappa shape index (κ2) is 8.11. The van der Waals surface area contributed by atoms with Gasteiger partial charge in [0.1, 0.15) is 17.3 Å². The van der Waals surface area contributed by atoms with Crippen LogP contribution in [0.3, 0.4) is 0 Å². The number of nitrogens with zero attached hydrogens (tertiary/aromatic N) is 4. The number of fused-ring (bicyclic) bond motifs is 1. The Hall–Kier alpha value is -3.26. The second-order valence-corrected chi connectivity index (χ2v) is 8.57. The Kier molecular flexibility index (Phi) is 5.15. The summed E-state index contributed by atoms with van der Waals surface area (Å²) in [6.07, 6.45) is 3.15. The highest BCUT2D eigenvalue weighted by Crippen LogP contribution is 2.38. The molecule has 2 aliphatic heterocycles. The number of aromatic nitrogens is 2. The van der Waals surface area contributed by atoms with Crippen molar-refractivity contribution < 1.29 is 14.3 Å². The van der Waals surface area contributed by atoms with E-state index in [-0.39, 0.29) is 18.4 Å². The van der Waals surface area contributed by atoms with Crippen LogP contribution in [0.5, 0.6) is 5.75 Å². The maximum atomic E-state index is 12.9. The number of carbonyl (C=O) groups excluding carboxylic acids is 2. The molecule has 7 nitrogen and oxygen atoms in total. The van der Waals surface area contributed by atoms with Gasteiger partial charge in [0.2, 0.25) is 5.91 Å². The molecule has 2 aromatic heterocycles. The topological polar surface area (TPSA) is 75.6 Å². The normalized spacial score (nSPS) is 18.1. The van der Waals surface area contributed by atoms with Crippen molar-refractivity contribution in [2.45, 2.75) is 25.9 Å². The van der Waals surface area contributed by atoms with E-state index in [1.54, 1.807) is 18.0 Å². The quantitative estimate of drug-likeness (QED) is 0.627. The SMILES string of the molecule is CC1Oc2ccc(-c3csc(-c4ccccn4)n3)cc2N(CC(=O)N2CCCC2)C1=O. The number of hydrogen-bond donors (Lipinski definition) is 0. The summed E-state index contributed by atoms with van der Waals surface area (Å²) in [5.41, 5.74) is 3.09. The molecule has 4 heterocycles. The molecule has 0 radical (unpaired) electrons. The van der Waals surface area contributed by atoms with E-state index in [0.29, 0.717) is 11.4 Å². The predicted molar refractivity (Wildman–Crippen MR) is 119 cm³/mol. The van der Waals surface area contributed by atoms with Gasteiger partial charge in [-0.15, -0.1) is 11.3 Å². The van der Waals surface area contributed by atoms with Crippen molar-refractivity contribution in [3.63, 3.8) is 0 Å². The van der Waals surface area contributed by atoms with Crippen LogP contribution in [0.4, 0.5) is 5.69 Å². The van der Waals surface area contributed by atoms with Gasteiger partial charge in [-0.05, 0) is 50.1 Å². The Balaban J connectivity index is 1.46. The Morgan fingerprint density at radius 1 is 1.19 bits per heavy atom. The monoisotopic (exact) mass is 434 g/mol. The van der Waals surface area contributed by atoms with Crippen LogP contribution in [0.25, 0.3) is 22.0 Å². The minimum atomic E-state index is -0.625. The van der Waals surface area contributed by atoms with Crippen molar-refractivity contribution in [1.29, 1.82) is 0 Å². The van der Waals surface area contributed by atoms with Crippen molar-refractivity contribution in [3.8, 4) is 27.7 Å². The van der Waals surface area contributed by atoms with Gasteiger partial charge in [-0.1, -0.05) is 6.07 Å². The van der Waals surface area contributed by atoms with Gasteiger partial charge < -0.3 is 9.64 Å². The van der Waals surface area contributed by atoms with Crippen LogP contribution in [0, 0.1) is 0 Å². The first kappa shape index (κ1) is 19.7. The summed E-state index contributed by atoms with van der Waals surface area (Å²) in [6, 6.07) is 11.4. The minimum Gasteiger partial charge on any atom is -0.479 e. The number of ether oxygens (including phenoxy) is 1. The van der Waals surface area contributed by atoms with Gasteiger partial charge >= 0.3 is 0 Å². The zero-order valence-corrected chi connectivity index (χ0v) is 18.0. The predicted octanol–water partition coefficient (Wildman–Crippen LogP) is 3.61. The molecule has 2 aliphatic rings. The summed E-state index contributed by atoms with van der Waals surface area (Å²) in [7, 11) is 0. The molecular weight excluding hydrogens is 412 g/mol. The fourth-order valence-electron chi connectivity index (χ4n) is 3.94. The highest BCUT2D eigenvalue weighted by Gasteiger charge is 2.34. The van der Waals surface area contributed by atoms with Crippen molar-refractivity contribution in [2.75, 3.05) is 24.5 Å². The fourth-order valence-corrected chi connectivity index (χ4v) is 4.75. The highest BCUT2D eigenvalue weighted by molar-refractivity contribution is 7.13. The Bertz CT molecular complexity index is 1120. The molecule has 5 rings (SSSR count). The molecule has 31 heavy (non-hydrogen) atoms. The van der Waals surface area contributed by atoms with E-state index in [2.05, 4.69) is 4.98 Å². The number of hydrogen-bond acceptors (Lipinski definition) is 6. The number of benzene rings is 1. The summed E-state index contributed by atoms with van der Waals surface area (Å²) in [5.74, 6) is 0.373. The van der Waals surface area contributed by atoms with Crippen LogP contribution < -0.4 is 9.64 Å². The number of pyridine rings is 1. The lowest BCUT2D eigenvalue weighted by Crippen LogP contribution is -2.49. The van der Waals surface area contributed by atoms with E-state index in [1.807, 2.05) is 46.7 Å². The molecule has 0 spiro atoms. The van der Waals surface area contributed by atoms with Crippen molar-refractivity contribution in [3.05, 3.63) is 48.0 Å². The Morgan fingerprint density at radius 3 is 2.81 bits per heavy atom. The third-order valence-corrected chi connectivity index (χ3v) is 6.47. The van der Waals surface area contributed by atoms with Crippen molar-refractivity contribution in [1.82, 2.24) is 14.9 Å². The molecule has 0 saturated carbocycles. The summed E-state index contributed by atoms with van der Waals surface area (Å²) in [6.45, 7) is 3.26. The van der Waals surface area contributed by atoms with E-state index >= 15 is 0 Å². The van der Waals surface area contributed by atoms with Gasteiger partial charge in [0.15, 0.2) is 6.10 Å². The summed E-state index contributed by atoms with van der Waals surface area (Å²) >= 11 is 1.52. The zero-order chi connectivity index (χ0) is 21.4. The first-order valence-electron chi connectivity index (χ1n) is 10.4. The van der Waals surface area contributed by atoms with Crippen molar-refractivity contribution >= 4 is 28.8 Å². The maximum Gasteiger partial charge on any atom is 0.268 e. The van der Waals surface area contributed by atoms with Gasteiger partial charge in [-0.2, -0.15) is 0 Å². The minimum absolute atomic E-state index is 0.0256. The molecule has 3 aromatic rings. The zero-order valence-electron chi connectivity index (χ0n) is 17.2. The van der Waals surface area contributed by atoms with E-state index in [1.165, 1.54) is 11.3 Å². The van der Waals surface area contributed by atoms with Crippen LogP contribution >= 0.6 is 11.3 Å². The molecule has 8 heteroatoms. The van der Waals surface area contributed by atoms with Gasteiger partial charge in [-0.3, -0.25) is 19.5 Å². The number of carbonyl (C=O) groups is 2. The largest absolute Gasteiger partial charge is 0.479 e. The van der Waals surface area contributed by atoms with Crippen molar-refractivity contribution in [2.24, 2.45) is 0 Å². The molecule has 1 atom stereocenters. The van der Waals surface area contributed by atoms with Gasteiger partial charge in [0.25, 0.3) is 5.91 Å². The average molecular weight is 435 g/mol. The fraction of sp³-hybridized carbons (Fsp3) is 0.304. The van der Waals surface area contributed by atoms with Crippen LogP contribution in [0.2, 0.25) is 0 Å². The molecule has 0 aliphatic carbocycles. The first-order valence-corrected chi connectivity index (χ1v) is 11.3. The molecule has 1 fully saturated rings. The molecule has 1 aromatic carbocycles. The molecule has 0 N–H and O–H groups in total. The third-order valence-electron chi connectivity index (χ3n) is 5.60. The lowest BCUT2D eigenvalue weighted by molar-refractivity contribution is -0.132. The number of thiazole rings is 1. The molecule has 1 unspecified atom stereocenters. The van der Waals surface area contributed by atoms with E-state index < -0.39 is 6.10 Å². The Morgan fingerprint density at radius 2 is 2.03 bits per heavy atom. The number of likely N-dealkylation sites (tertiary alicyclic amines) is 1. The van der Waals surface area contributed by atoms with Gasteiger partial charge in [0, 0.05) is 30.2 Å². The summed E-state index contributed by atoms with van der Waals surface area (Å²) in [4.78, 5) is 38.1. The molecule has 158 valence electrons. The maximum absolute atomic E-state index is 12.9. The van der Waals surface area contributed by atoms with Crippen LogP contribution in [-0.4, -0.2) is 52.4 Å². The van der Waals surface area contributed by atoms with E-state index in [4.69, 9.17) is 9.72 Å². The van der Waals surface area contributed by atoms with Crippen LogP contribution in [-0.2, 0) is 9.59 Å². The summed E-state index contributed by atoms with van der Waals surface area (Å²) < 4.78 is 5.80. The molecule has 1 saturated heterocycles.